The van der Waals surface area contributed by atoms with E-state index in [1.807, 2.05) is 36.4 Å². The average molecular weight is 394 g/mol. The summed E-state index contributed by atoms with van der Waals surface area (Å²) in [5.74, 6) is 0.441. The third-order valence-corrected chi connectivity index (χ3v) is 4.64. The Morgan fingerprint density at radius 3 is 2.52 bits per heavy atom. The number of nitrogens with zero attached hydrogens (tertiary/aromatic N) is 2. The number of hydrogen-bond donors (Lipinski definition) is 2. The normalized spacial score (nSPS) is 10.7. The van der Waals surface area contributed by atoms with Crippen LogP contribution in [0, 0.1) is 0 Å². The number of imidazole rings is 1. The summed E-state index contributed by atoms with van der Waals surface area (Å²) in [6.45, 7) is 3.11. The van der Waals surface area contributed by atoms with Gasteiger partial charge in [-0.25, -0.2) is 4.98 Å². The molecule has 2 amide bonds. The number of carbonyl (C=O) groups is 2. The first-order valence-corrected chi connectivity index (χ1v) is 9.80. The Balaban J connectivity index is 1.69. The van der Waals surface area contributed by atoms with E-state index >= 15 is 0 Å². The van der Waals surface area contributed by atoms with Gasteiger partial charge in [-0.2, -0.15) is 0 Å². The van der Waals surface area contributed by atoms with E-state index in [0.29, 0.717) is 25.0 Å². The van der Waals surface area contributed by atoms with Gasteiger partial charge in [0.2, 0.25) is 5.82 Å². The predicted octanol–water partition coefficient (Wildman–Crippen LogP) is 2.85. The number of ether oxygens (including phenoxy) is 1. The standard InChI is InChI=1S/C22H26N4O3/c1-3-4-13-23-22(28)20-25-19(18-7-5-6-15-26(18)20)21(27)24-14-12-16-8-10-17(29-2)11-9-16/h5-11,15H,3-4,12-14H2,1-2H3,(H,23,28)(H,24,27). The molecule has 0 fully saturated rings. The number of aromatic nitrogens is 2. The first-order valence-electron chi connectivity index (χ1n) is 9.80. The molecule has 1 aromatic carbocycles. The molecule has 0 radical (unpaired) electrons. The van der Waals surface area contributed by atoms with Gasteiger partial charge in [-0.3, -0.25) is 14.0 Å². The van der Waals surface area contributed by atoms with Crippen molar-refractivity contribution in [3.63, 3.8) is 0 Å². The number of carbonyl (C=O) groups excluding carboxylic acids is 2. The number of pyridine rings is 1. The Morgan fingerprint density at radius 2 is 1.79 bits per heavy atom. The fraction of sp³-hybridized carbons (Fsp3) is 0.318. The summed E-state index contributed by atoms with van der Waals surface area (Å²) in [4.78, 5) is 29.5. The van der Waals surface area contributed by atoms with Crippen LogP contribution in [0.5, 0.6) is 5.75 Å². The summed E-state index contributed by atoms with van der Waals surface area (Å²) in [7, 11) is 1.63. The summed E-state index contributed by atoms with van der Waals surface area (Å²) >= 11 is 0. The first-order chi connectivity index (χ1) is 14.1. The van der Waals surface area contributed by atoms with E-state index in [1.165, 1.54) is 0 Å². The number of nitrogens with one attached hydrogen (secondary N) is 2. The largest absolute Gasteiger partial charge is 0.497 e. The van der Waals surface area contributed by atoms with Gasteiger partial charge in [0.25, 0.3) is 11.8 Å². The van der Waals surface area contributed by atoms with E-state index in [9.17, 15) is 9.59 Å². The van der Waals surface area contributed by atoms with E-state index in [4.69, 9.17) is 4.74 Å². The van der Waals surface area contributed by atoms with Gasteiger partial charge in [0, 0.05) is 19.3 Å². The van der Waals surface area contributed by atoms with Gasteiger partial charge in [0.15, 0.2) is 5.69 Å². The first kappa shape index (κ1) is 20.4. The minimum absolute atomic E-state index is 0.219. The molecule has 7 heteroatoms. The van der Waals surface area contributed by atoms with Crippen molar-refractivity contribution >= 4 is 17.3 Å². The maximum absolute atomic E-state index is 12.7. The highest BCUT2D eigenvalue weighted by Crippen LogP contribution is 2.14. The number of rotatable bonds is 9. The van der Waals surface area contributed by atoms with E-state index in [0.717, 1.165) is 24.2 Å². The van der Waals surface area contributed by atoms with E-state index in [2.05, 4.69) is 22.5 Å². The molecule has 0 aliphatic rings. The van der Waals surface area contributed by atoms with Crippen molar-refractivity contribution in [2.45, 2.75) is 26.2 Å². The van der Waals surface area contributed by atoms with Crippen molar-refractivity contribution in [2.24, 2.45) is 0 Å². The van der Waals surface area contributed by atoms with Crippen molar-refractivity contribution in [2.75, 3.05) is 20.2 Å². The summed E-state index contributed by atoms with van der Waals surface area (Å²) < 4.78 is 6.80. The lowest BCUT2D eigenvalue weighted by Crippen LogP contribution is -2.27. The molecule has 152 valence electrons. The van der Waals surface area contributed by atoms with Crippen LogP contribution in [-0.4, -0.2) is 41.4 Å². The molecule has 29 heavy (non-hydrogen) atoms. The SMILES string of the molecule is CCCCNC(=O)c1nc(C(=O)NCCc2ccc(OC)cc2)c2ccccn12. The summed E-state index contributed by atoms with van der Waals surface area (Å²) in [6.07, 6.45) is 4.31. The zero-order valence-corrected chi connectivity index (χ0v) is 16.8. The second-order valence-corrected chi connectivity index (χ2v) is 6.70. The molecule has 0 saturated carbocycles. The highest BCUT2D eigenvalue weighted by atomic mass is 16.5. The van der Waals surface area contributed by atoms with Gasteiger partial charge < -0.3 is 15.4 Å². The van der Waals surface area contributed by atoms with Crippen LogP contribution in [0.1, 0.15) is 46.4 Å². The number of benzene rings is 1. The zero-order valence-electron chi connectivity index (χ0n) is 16.8. The Labute approximate surface area is 170 Å². The second-order valence-electron chi connectivity index (χ2n) is 6.70. The van der Waals surface area contributed by atoms with Crippen molar-refractivity contribution in [1.82, 2.24) is 20.0 Å². The molecule has 3 aromatic rings. The lowest BCUT2D eigenvalue weighted by atomic mass is 10.1. The third-order valence-electron chi connectivity index (χ3n) is 4.64. The molecule has 2 heterocycles. The van der Waals surface area contributed by atoms with Crippen LogP contribution in [0.2, 0.25) is 0 Å². The van der Waals surface area contributed by atoms with Crippen LogP contribution in [-0.2, 0) is 6.42 Å². The molecule has 2 N–H and O–H groups in total. The van der Waals surface area contributed by atoms with Crippen molar-refractivity contribution in [3.8, 4) is 5.75 Å². The van der Waals surface area contributed by atoms with E-state index < -0.39 is 0 Å². The number of methoxy groups -OCH3 is 1. The minimum Gasteiger partial charge on any atom is -0.497 e. The molecule has 0 atom stereocenters. The average Bonchev–Trinajstić information content (AvgIpc) is 3.14. The molecule has 0 bridgehead atoms. The maximum atomic E-state index is 12.7. The Morgan fingerprint density at radius 1 is 1.03 bits per heavy atom. The fourth-order valence-electron chi connectivity index (χ4n) is 3.02. The molecule has 3 rings (SSSR count). The van der Waals surface area contributed by atoms with Crippen molar-refractivity contribution in [1.29, 1.82) is 0 Å². The van der Waals surface area contributed by atoms with Crippen LogP contribution in [0.3, 0.4) is 0 Å². The third kappa shape index (κ3) is 4.93. The minimum atomic E-state index is -0.296. The highest BCUT2D eigenvalue weighted by molar-refractivity contribution is 6.02. The van der Waals surface area contributed by atoms with Crippen LogP contribution < -0.4 is 15.4 Å². The van der Waals surface area contributed by atoms with Gasteiger partial charge >= 0.3 is 0 Å². The van der Waals surface area contributed by atoms with E-state index in [1.54, 1.807) is 23.8 Å². The smallest absolute Gasteiger partial charge is 0.287 e. The van der Waals surface area contributed by atoms with Gasteiger partial charge in [-0.1, -0.05) is 31.5 Å². The quantitative estimate of drug-likeness (QED) is 0.547. The predicted molar refractivity (Wildman–Crippen MR) is 111 cm³/mol. The van der Waals surface area contributed by atoms with Crippen LogP contribution in [0.15, 0.2) is 48.7 Å². The van der Waals surface area contributed by atoms with Crippen LogP contribution >= 0.6 is 0 Å². The van der Waals surface area contributed by atoms with Crippen LogP contribution in [0.4, 0.5) is 0 Å². The Hall–Kier alpha value is -3.35. The summed E-state index contributed by atoms with van der Waals surface area (Å²) in [5.41, 5.74) is 1.95. The fourth-order valence-corrected chi connectivity index (χ4v) is 3.02. The molecule has 2 aromatic heterocycles. The summed E-state index contributed by atoms with van der Waals surface area (Å²) in [5, 5.41) is 5.75. The molecule has 0 spiro atoms. The summed E-state index contributed by atoms with van der Waals surface area (Å²) in [6, 6.07) is 13.1. The van der Waals surface area contributed by atoms with Gasteiger partial charge in [0.05, 0.1) is 12.6 Å². The molecule has 0 aliphatic carbocycles. The lowest BCUT2D eigenvalue weighted by Gasteiger charge is -2.05. The van der Waals surface area contributed by atoms with Crippen molar-refractivity contribution < 1.29 is 14.3 Å². The van der Waals surface area contributed by atoms with Crippen molar-refractivity contribution in [3.05, 3.63) is 65.7 Å². The lowest BCUT2D eigenvalue weighted by molar-refractivity contribution is 0.0942. The second kappa shape index (κ2) is 9.73. The Kier molecular flexibility index (Phi) is 6.84. The zero-order chi connectivity index (χ0) is 20.6. The molecule has 0 aliphatic heterocycles. The molecule has 7 nitrogen and oxygen atoms in total. The number of fused-ring (bicyclic) bond motifs is 1. The molecule has 0 saturated heterocycles. The highest BCUT2D eigenvalue weighted by Gasteiger charge is 2.20. The van der Waals surface area contributed by atoms with Gasteiger partial charge in [-0.15, -0.1) is 0 Å². The monoisotopic (exact) mass is 394 g/mol. The topological polar surface area (TPSA) is 84.7 Å². The molecular weight excluding hydrogens is 368 g/mol. The van der Waals surface area contributed by atoms with Gasteiger partial charge in [0.1, 0.15) is 5.75 Å². The number of hydrogen-bond acceptors (Lipinski definition) is 4. The van der Waals surface area contributed by atoms with Gasteiger partial charge in [-0.05, 0) is 42.7 Å². The molecular formula is C22H26N4O3. The number of unbranched alkanes of at least 4 members (excludes halogenated alkanes) is 1. The molecule has 0 unspecified atom stereocenters. The number of amides is 2. The van der Waals surface area contributed by atoms with Crippen LogP contribution in [0.25, 0.3) is 5.52 Å². The Bertz CT molecular complexity index is 979. The van der Waals surface area contributed by atoms with E-state index in [-0.39, 0.29) is 23.3 Å². The maximum Gasteiger partial charge on any atom is 0.287 e.